The van der Waals surface area contributed by atoms with Crippen LogP contribution in [0.4, 0.5) is 0 Å². The number of ether oxygens (including phenoxy) is 1. The van der Waals surface area contributed by atoms with Crippen LogP contribution in [0.2, 0.25) is 0 Å². The summed E-state index contributed by atoms with van der Waals surface area (Å²) in [7, 11) is 0. The average molecular weight is 304 g/mol. The molecule has 0 spiro atoms. The van der Waals surface area contributed by atoms with Gasteiger partial charge in [0.2, 0.25) is 0 Å². The topological polar surface area (TPSA) is 68.3 Å². The molecule has 21 heavy (non-hydrogen) atoms. The molecule has 2 aromatic rings. The van der Waals surface area contributed by atoms with Crippen molar-refractivity contribution in [1.29, 1.82) is 0 Å². The third-order valence-electron chi connectivity index (χ3n) is 2.74. The van der Waals surface area contributed by atoms with E-state index in [1.807, 2.05) is 6.07 Å². The minimum atomic E-state index is -0.367. The first-order valence-corrected chi connectivity index (χ1v) is 7.40. The number of thiazole rings is 1. The van der Waals surface area contributed by atoms with Gasteiger partial charge in [0.1, 0.15) is 9.88 Å². The van der Waals surface area contributed by atoms with Crippen LogP contribution in [0.1, 0.15) is 37.7 Å². The van der Waals surface area contributed by atoms with E-state index in [1.165, 1.54) is 11.3 Å². The molecule has 0 unspecified atom stereocenters. The fourth-order valence-corrected chi connectivity index (χ4v) is 2.66. The minimum absolute atomic E-state index is 0.166. The van der Waals surface area contributed by atoms with Crippen LogP contribution in [0.25, 0.3) is 0 Å². The summed E-state index contributed by atoms with van der Waals surface area (Å²) in [6.45, 7) is 4.13. The maximum atomic E-state index is 11.9. The van der Waals surface area contributed by atoms with Crippen molar-refractivity contribution in [3.05, 3.63) is 51.5 Å². The molecule has 1 N–H and O–H groups in total. The first kappa shape index (κ1) is 15.2. The van der Waals surface area contributed by atoms with Crippen molar-refractivity contribution in [2.75, 3.05) is 6.61 Å². The molecule has 0 saturated heterocycles. The van der Waals surface area contributed by atoms with E-state index >= 15 is 0 Å². The van der Waals surface area contributed by atoms with Crippen molar-refractivity contribution >= 4 is 23.2 Å². The molecular weight excluding hydrogens is 288 g/mol. The Labute approximate surface area is 127 Å². The highest BCUT2D eigenvalue weighted by Gasteiger charge is 2.16. The lowest BCUT2D eigenvalue weighted by atomic mass is 10.2. The highest BCUT2D eigenvalue weighted by Crippen LogP contribution is 2.19. The molecule has 1 aromatic carbocycles. The second-order valence-electron chi connectivity index (χ2n) is 4.29. The predicted octanol–water partition coefficient (Wildman–Crippen LogP) is 2.56. The molecule has 0 radical (unpaired) electrons. The summed E-state index contributed by atoms with van der Waals surface area (Å²) in [4.78, 5) is 28.4. The Morgan fingerprint density at radius 3 is 2.67 bits per heavy atom. The molecule has 0 aliphatic heterocycles. The van der Waals surface area contributed by atoms with Gasteiger partial charge in [0, 0.05) is 5.56 Å². The molecule has 0 atom stereocenters. The highest BCUT2D eigenvalue weighted by atomic mass is 32.1. The van der Waals surface area contributed by atoms with Crippen molar-refractivity contribution in [1.82, 2.24) is 10.3 Å². The fraction of sp³-hybridized carbons (Fsp3) is 0.267. The summed E-state index contributed by atoms with van der Waals surface area (Å²) >= 11 is 1.24. The van der Waals surface area contributed by atoms with Crippen LogP contribution in [-0.2, 0) is 11.3 Å². The van der Waals surface area contributed by atoms with Gasteiger partial charge in [-0.2, -0.15) is 0 Å². The molecule has 0 fully saturated rings. The third-order valence-corrected chi connectivity index (χ3v) is 3.88. The molecule has 0 saturated carbocycles. The summed E-state index contributed by atoms with van der Waals surface area (Å²) in [5.41, 5.74) is 1.22. The Morgan fingerprint density at radius 2 is 2.00 bits per heavy atom. The Hall–Kier alpha value is -2.21. The molecular formula is C15H16N2O3S. The Bertz CT molecular complexity index is 638. The second kappa shape index (κ2) is 6.99. The first-order valence-electron chi connectivity index (χ1n) is 6.58. The summed E-state index contributed by atoms with van der Waals surface area (Å²) in [5.74, 6) is -0.533. The number of carbonyl (C=O) groups is 2. The minimum Gasteiger partial charge on any atom is -0.462 e. The van der Waals surface area contributed by atoms with E-state index in [0.29, 0.717) is 34.3 Å². The van der Waals surface area contributed by atoms with Crippen LogP contribution < -0.4 is 5.32 Å². The van der Waals surface area contributed by atoms with Crippen molar-refractivity contribution in [2.24, 2.45) is 0 Å². The van der Waals surface area contributed by atoms with E-state index in [2.05, 4.69) is 10.3 Å². The lowest BCUT2D eigenvalue weighted by Crippen LogP contribution is -2.22. The van der Waals surface area contributed by atoms with Gasteiger partial charge < -0.3 is 10.1 Å². The zero-order valence-electron chi connectivity index (χ0n) is 11.9. The monoisotopic (exact) mass is 304 g/mol. The van der Waals surface area contributed by atoms with Gasteiger partial charge in [-0.05, 0) is 26.0 Å². The molecule has 110 valence electrons. The number of rotatable bonds is 5. The third kappa shape index (κ3) is 3.88. The zero-order chi connectivity index (χ0) is 15.2. The normalized spacial score (nSPS) is 10.2. The standard InChI is InChI=1S/C15H16N2O3S/c1-3-20-15(19)13-10(2)17-12(21-13)9-16-14(18)11-7-5-4-6-8-11/h4-8H,3,9H2,1-2H3,(H,16,18). The van der Waals surface area contributed by atoms with E-state index in [1.54, 1.807) is 38.1 Å². The van der Waals surface area contributed by atoms with Gasteiger partial charge in [-0.3, -0.25) is 4.79 Å². The number of aryl methyl sites for hydroxylation is 1. The maximum absolute atomic E-state index is 11.9. The number of nitrogens with one attached hydrogen (secondary N) is 1. The summed E-state index contributed by atoms with van der Waals surface area (Å²) in [6.07, 6.45) is 0. The maximum Gasteiger partial charge on any atom is 0.350 e. The fourth-order valence-electron chi connectivity index (χ4n) is 1.76. The van der Waals surface area contributed by atoms with Gasteiger partial charge in [-0.1, -0.05) is 18.2 Å². The number of aromatic nitrogens is 1. The molecule has 5 nitrogen and oxygen atoms in total. The quantitative estimate of drug-likeness (QED) is 0.862. The predicted molar refractivity (Wildman–Crippen MR) is 80.4 cm³/mol. The van der Waals surface area contributed by atoms with Gasteiger partial charge in [0.25, 0.3) is 5.91 Å². The Morgan fingerprint density at radius 1 is 1.29 bits per heavy atom. The van der Waals surface area contributed by atoms with Gasteiger partial charge in [0.15, 0.2) is 0 Å². The van der Waals surface area contributed by atoms with Gasteiger partial charge in [0.05, 0.1) is 18.8 Å². The van der Waals surface area contributed by atoms with Crippen molar-refractivity contribution in [3.8, 4) is 0 Å². The second-order valence-corrected chi connectivity index (χ2v) is 5.37. The lowest BCUT2D eigenvalue weighted by molar-refractivity contribution is 0.0531. The summed E-state index contributed by atoms with van der Waals surface area (Å²) < 4.78 is 4.96. The number of hydrogen-bond acceptors (Lipinski definition) is 5. The Balaban J connectivity index is 2.00. The van der Waals surface area contributed by atoms with E-state index in [4.69, 9.17) is 4.74 Å². The van der Waals surface area contributed by atoms with Crippen LogP contribution in [0.3, 0.4) is 0 Å². The van der Waals surface area contributed by atoms with Gasteiger partial charge in [-0.25, -0.2) is 9.78 Å². The average Bonchev–Trinajstić information content (AvgIpc) is 2.87. The molecule has 1 aromatic heterocycles. The molecule has 6 heteroatoms. The smallest absolute Gasteiger partial charge is 0.350 e. The largest absolute Gasteiger partial charge is 0.462 e. The molecule has 1 heterocycles. The number of carbonyl (C=O) groups excluding carboxylic acids is 2. The van der Waals surface area contributed by atoms with Crippen LogP contribution in [0.15, 0.2) is 30.3 Å². The van der Waals surface area contributed by atoms with Crippen LogP contribution in [0.5, 0.6) is 0 Å². The van der Waals surface area contributed by atoms with Gasteiger partial charge in [-0.15, -0.1) is 11.3 Å². The number of hydrogen-bond donors (Lipinski definition) is 1. The SMILES string of the molecule is CCOC(=O)c1sc(CNC(=O)c2ccccc2)nc1C. The molecule has 0 bridgehead atoms. The number of benzene rings is 1. The molecule has 0 aliphatic carbocycles. The summed E-state index contributed by atoms with van der Waals surface area (Å²) in [5, 5.41) is 3.46. The number of esters is 1. The van der Waals surface area contributed by atoms with Crippen LogP contribution >= 0.6 is 11.3 Å². The number of nitrogens with zero attached hydrogens (tertiary/aromatic N) is 1. The zero-order valence-corrected chi connectivity index (χ0v) is 12.7. The highest BCUT2D eigenvalue weighted by molar-refractivity contribution is 7.13. The van der Waals surface area contributed by atoms with Crippen molar-refractivity contribution in [2.45, 2.75) is 20.4 Å². The van der Waals surface area contributed by atoms with E-state index in [-0.39, 0.29) is 11.9 Å². The first-order chi connectivity index (χ1) is 10.1. The van der Waals surface area contributed by atoms with E-state index < -0.39 is 0 Å². The van der Waals surface area contributed by atoms with Crippen LogP contribution in [0, 0.1) is 6.92 Å². The van der Waals surface area contributed by atoms with E-state index in [0.717, 1.165) is 0 Å². The Kier molecular flexibility index (Phi) is 5.05. The molecule has 1 amide bonds. The van der Waals surface area contributed by atoms with Crippen molar-refractivity contribution in [3.63, 3.8) is 0 Å². The lowest BCUT2D eigenvalue weighted by Gasteiger charge is -2.02. The van der Waals surface area contributed by atoms with Crippen LogP contribution in [-0.4, -0.2) is 23.5 Å². The van der Waals surface area contributed by atoms with Crippen molar-refractivity contribution < 1.29 is 14.3 Å². The van der Waals surface area contributed by atoms with Gasteiger partial charge >= 0.3 is 5.97 Å². The molecule has 2 rings (SSSR count). The number of amides is 1. The van der Waals surface area contributed by atoms with E-state index in [9.17, 15) is 9.59 Å². The molecule has 0 aliphatic rings. The summed E-state index contributed by atoms with van der Waals surface area (Å²) in [6, 6.07) is 8.95.